The molecular weight excluding hydrogens is 257 g/mol. The number of para-hydroxylation sites is 1. The molecule has 0 unspecified atom stereocenters. The Kier molecular flexibility index (Phi) is 3.21. The van der Waals surface area contributed by atoms with Crippen molar-refractivity contribution in [3.8, 4) is 0 Å². The Morgan fingerprint density at radius 3 is 2.65 bits per heavy atom. The minimum Gasteiger partial charge on any atom is -0.456 e. The second-order valence-corrected chi connectivity index (χ2v) is 4.44. The molecular formula is C16H12FNO2. The van der Waals surface area contributed by atoms with Crippen LogP contribution < -0.4 is 0 Å². The molecule has 0 amide bonds. The lowest BCUT2D eigenvalue weighted by atomic mass is 10.2. The van der Waals surface area contributed by atoms with Crippen LogP contribution in [0.5, 0.6) is 0 Å². The van der Waals surface area contributed by atoms with Gasteiger partial charge in [0.25, 0.3) is 0 Å². The molecule has 3 nitrogen and oxygen atoms in total. The summed E-state index contributed by atoms with van der Waals surface area (Å²) in [6.07, 6.45) is 0. The standard InChI is InChI=1S/C16H12FNO2/c17-13-7-3-1-6-12(13)10-20-16(19)15-9-11-5-2-4-8-14(11)18-15/h1-9,18H,10H2. The molecule has 3 aromatic rings. The summed E-state index contributed by atoms with van der Waals surface area (Å²) < 4.78 is 18.5. The van der Waals surface area contributed by atoms with Crippen molar-refractivity contribution >= 4 is 16.9 Å². The summed E-state index contributed by atoms with van der Waals surface area (Å²) in [6, 6.07) is 15.5. The minimum absolute atomic E-state index is 0.0825. The predicted molar refractivity (Wildman–Crippen MR) is 73.8 cm³/mol. The quantitative estimate of drug-likeness (QED) is 0.737. The van der Waals surface area contributed by atoms with E-state index in [-0.39, 0.29) is 12.4 Å². The van der Waals surface area contributed by atoms with Crippen LogP contribution in [-0.2, 0) is 11.3 Å². The van der Waals surface area contributed by atoms with E-state index in [1.165, 1.54) is 6.07 Å². The molecule has 3 rings (SSSR count). The van der Waals surface area contributed by atoms with Gasteiger partial charge in [-0.05, 0) is 18.2 Å². The number of rotatable bonds is 3. The number of carbonyl (C=O) groups excluding carboxylic acids is 1. The predicted octanol–water partition coefficient (Wildman–Crippen LogP) is 3.66. The fraction of sp³-hybridized carbons (Fsp3) is 0.0625. The van der Waals surface area contributed by atoms with Crippen molar-refractivity contribution < 1.29 is 13.9 Å². The van der Waals surface area contributed by atoms with E-state index in [9.17, 15) is 9.18 Å². The Morgan fingerprint density at radius 1 is 1.10 bits per heavy atom. The van der Waals surface area contributed by atoms with Crippen molar-refractivity contribution in [1.29, 1.82) is 0 Å². The first-order valence-corrected chi connectivity index (χ1v) is 6.22. The molecule has 100 valence electrons. The molecule has 0 atom stereocenters. The molecule has 0 saturated heterocycles. The third-order valence-electron chi connectivity index (χ3n) is 3.07. The van der Waals surface area contributed by atoms with Gasteiger partial charge < -0.3 is 9.72 Å². The fourth-order valence-corrected chi connectivity index (χ4v) is 2.02. The topological polar surface area (TPSA) is 42.1 Å². The van der Waals surface area contributed by atoms with Crippen LogP contribution in [-0.4, -0.2) is 11.0 Å². The molecule has 0 aliphatic rings. The molecule has 0 bridgehead atoms. The van der Waals surface area contributed by atoms with E-state index in [2.05, 4.69) is 4.98 Å². The highest BCUT2D eigenvalue weighted by atomic mass is 19.1. The van der Waals surface area contributed by atoms with Crippen molar-refractivity contribution in [3.63, 3.8) is 0 Å². The molecule has 1 aromatic heterocycles. The monoisotopic (exact) mass is 269 g/mol. The normalized spacial score (nSPS) is 10.7. The van der Waals surface area contributed by atoms with Crippen LogP contribution in [0.15, 0.2) is 54.6 Å². The number of ether oxygens (including phenoxy) is 1. The van der Waals surface area contributed by atoms with Crippen LogP contribution in [0.1, 0.15) is 16.1 Å². The second kappa shape index (κ2) is 5.17. The Morgan fingerprint density at radius 2 is 1.85 bits per heavy atom. The van der Waals surface area contributed by atoms with Gasteiger partial charge in [-0.1, -0.05) is 36.4 Å². The van der Waals surface area contributed by atoms with Crippen LogP contribution in [0.2, 0.25) is 0 Å². The van der Waals surface area contributed by atoms with E-state index in [0.29, 0.717) is 11.3 Å². The zero-order chi connectivity index (χ0) is 13.9. The van der Waals surface area contributed by atoms with Gasteiger partial charge in [0.2, 0.25) is 0 Å². The van der Waals surface area contributed by atoms with E-state index < -0.39 is 5.97 Å². The zero-order valence-electron chi connectivity index (χ0n) is 10.6. The van der Waals surface area contributed by atoms with Crippen molar-refractivity contribution in [2.45, 2.75) is 6.61 Å². The smallest absolute Gasteiger partial charge is 0.355 e. The Bertz CT molecular complexity index is 731. The van der Waals surface area contributed by atoms with Gasteiger partial charge in [0.05, 0.1) is 0 Å². The SMILES string of the molecule is O=C(OCc1ccccc1F)c1cc2ccccc2[nH]1. The van der Waals surface area contributed by atoms with Crippen LogP contribution >= 0.6 is 0 Å². The highest BCUT2D eigenvalue weighted by Gasteiger charge is 2.11. The second-order valence-electron chi connectivity index (χ2n) is 4.44. The van der Waals surface area contributed by atoms with Crippen LogP contribution in [0.3, 0.4) is 0 Å². The summed E-state index contributed by atoms with van der Waals surface area (Å²) in [4.78, 5) is 14.9. The van der Waals surface area contributed by atoms with E-state index in [0.717, 1.165) is 10.9 Å². The van der Waals surface area contributed by atoms with Gasteiger partial charge in [-0.25, -0.2) is 9.18 Å². The molecule has 4 heteroatoms. The average Bonchev–Trinajstić information content (AvgIpc) is 2.90. The highest BCUT2D eigenvalue weighted by Crippen LogP contribution is 2.16. The lowest BCUT2D eigenvalue weighted by Crippen LogP contribution is -2.06. The lowest BCUT2D eigenvalue weighted by Gasteiger charge is -2.04. The van der Waals surface area contributed by atoms with E-state index >= 15 is 0 Å². The van der Waals surface area contributed by atoms with Crippen molar-refractivity contribution in [1.82, 2.24) is 4.98 Å². The number of H-pyrrole nitrogens is 1. The number of halogens is 1. The molecule has 20 heavy (non-hydrogen) atoms. The van der Waals surface area contributed by atoms with Crippen molar-refractivity contribution in [2.75, 3.05) is 0 Å². The maximum atomic E-state index is 13.4. The molecule has 0 radical (unpaired) electrons. The number of nitrogens with one attached hydrogen (secondary N) is 1. The number of esters is 1. The fourth-order valence-electron chi connectivity index (χ4n) is 2.02. The van der Waals surface area contributed by atoms with Crippen molar-refractivity contribution in [2.24, 2.45) is 0 Å². The lowest BCUT2D eigenvalue weighted by molar-refractivity contribution is 0.0463. The van der Waals surface area contributed by atoms with Crippen LogP contribution in [0.25, 0.3) is 10.9 Å². The van der Waals surface area contributed by atoms with E-state index in [4.69, 9.17) is 4.74 Å². The molecule has 0 saturated carbocycles. The van der Waals surface area contributed by atoms with Gasteiger partial charge in [0.15, 0.2) is 0 Å². The molecule has 1 heterocycles. The maximum Gasteiger partial charge on any atom is 0.355 e. The summed E-state index contributed by atoms with van der Waals surface area (Å²) in [7, 11) is 0. The van der Waals surface area contributed by atoms with Gasteiger partial charge >= 0.3 is 5.97 Å². The average molecular weight is 269 g/mol. The highest BCUT2D eigenvalue weighted by molar-refractivity contribution is 5.94. The van der Waals surface area contributed by atoms with Gasteiger partial charge in [-0.15, -0.1) is 0 Å². The van der Waals surface area contributed by atoms with Gasteiger partial charge in [0.1, 0.15) is 18.1 Å². The number of hydrogen-bond acceptors (Lipinski definition) is 2. The molecule has 2 aromatic carbocycles. The van der Waals surface area contributed by atoms with E-state index in [1.54, 1.807) is 24.3 Å². The Hall–Kier alpha value is -2.62. The number of carbonyl (C=O) groups is 1. The minimum atomic E-state index is -0.496. The summed E-state index contributed by atoms with van der Waals surface area (Å²) in [5.74, 6) is -0.874. The Labute approximate surface area is 115 Å². The van der Waals surface area contributed by atoms with Crippen molar-refractivity contribution in [3.05, 3.63) is 71.7 Å². The summed E-state index contributed by atoms with van der Waals surface area (Å²) in [5.41, 5.74) is 1.59. The molecule has 0 spiro atoms. The summed E-state index contributed by atoms with van der Waals surface area (Å²) >= 11 is 0. The summed E-state index contributed by atoms with van der Waals surface area (Å²) in [6.45, 7) is -0.0825. The first-order chi connectivity index (χ1) is 9.74. The van der Waals surface area contributed by atoms with Gasteiger partial charge in [-0.3, -0.25) is 0 Å². The summed E-state index contributed by atoms with van der Waals surface area (Å²) in [5, 5.41) is 0.936. The van der Waals surface area contributed by atoms with Crippen LogP contribution in [0, 0.1) is 5.82 Å². The molecule has 0 aliphatic carbocycles. The molecule has 1 N–H and O–H groups in total. The van der Waals surface area contributed by atoms with E-state index in [1.807, 2.05) is 24.3 Å². The third kappa shape index (κ3) is 2.40. The van der Waals surface area contributed by atoms with Gasteiger partial charge in [-0.2, -0.15) is 0 Å². The number of benzene rings is 2. The maximum absolute atomic E-state index is 13.4. The number of fused-ring (bicyclic) bond motifs is 1. The van der Waals surface area contributed by atoms with Gasteiger partial charge in [0, 0.05) is 16.5 Å². The first kappa shape index (κ1) is 12.4. The third-order valence-corrected chi connectivity index (χ3v) is 3.07. The number of aromatic amines is 1. The first-order valence-electron chi connectivity index (χ1n) is 6.22. The largest absolute Gasteiger partial charge is 0.456 e. The number of hydrogen-bond donors (Lipinski definition) is 1. The molecule has 0 aliphatic heterocycles. The Balaban J connectivity index is 1.75. The van der Waals surface area contributed by atoms with Crippen LogP contribution in [0.4, 0.5) is 4.39 Å². The zero-order valence-corrected chi connectivity index (χ0v) is 10.6. The molecule has 0 fully saturated rings. The number of aromatic nitrogens is 1.